The molecule has 180 valence electrons. The summed E-state index contributed by atoms with van der Waals surface area (Å²) in [5, 5.41) is 8.69. The Morgan fingerprint density at radius 2 is 1.00 bits per heavy atom. The van der Waals surface area contributed by atoms with Gasteiger partial charge in [-0.1, -0.05) is 58.3 Å². The lowest BCUT2D eigenvalue weighted by molar-refractivity contribution is -0.137. The maximum absolute atomic E-state index is 10.6. The lowest BCUT2D eigenvalue weighted by atomic mass is 9.99. The fourth-order valence-corrected chi connectivity index (χ4v) is 4.06. The van der Waals surface area contributed by atoms with E-state index in [9.17, 15) is 4.79 Å². The lowest BCUT2D eigenvalue weighted by Gasteiger charge is -2.21. The lowest BCUT2D eigenvalue weighted by Crippen LogP contribution is -2.18. The van der Waals surface area contributed by atoms with Crippen LogP contribution >= 0.6 is 0 Å². The molecule has 0 fully saturated rings. The summed E-state index contributed by atoms with van der Waals surface area (Å²) in [7, 11) is 5.43. The number of carboxylic acid groups (broad SMARTS) is 1. The van der Waals surface area contributed by atoms with Gasteiger partial charge in [0, 0.05) is 27.8 Å². The van der Waals surface area contributed by atoms with Crippen LogP contribution in [0.5, 0.6) is 0 Å². The maximum atomic E-state index is 10.6. The van der Waals surface area contributed by atoms with Crippen LogP contribution in [-0.4, -0.2) is 50.7 Å². The standard InChI is InChI=1S/C25H50O5/c1-5-6-7-8-9-11-16-23(29-3)20-21-24(30-4)18-14-17-22(28-2)15-12-10-13-19-25(26)27/h22-24H,5-21H2,1-4H3,(H,26,27). The summed E-state index contributed by atoms with van der Waals surface area (Å²) in [4.78, 5) is 10.6. The Labute approximate surface area is 186 Å². The third kappa shape index (κ3) is 18.1. The molecule has 0 radical (unpaired) electrons. The fraction of sp³-hybridized carbons (Fsp3) is 0.960. The number of methoxy groups -OCH3 is 3. The first kappa shape index (κ1) is 29.4. The molecule has 3 unspecified atom stereocenters. The molecule has 0 heterocycles. The molecular weight excluding hydrogens is 380 g/mol. The summed E-state index contributed by atoms with van der Waals surface area (Å²) in [6.07, 6.45) is 19.4. The highest BCUT2D eigenvalue weighted by molar-refractivity contribution is 5.66. The molecule has 30 heavy (non-hydrogen) atoms. The summed E-state index contributed by atoms with van der Waals surface area (Å²) >= 11 is 0. The average molecular weight is 431 g/mol. The van der Waals surface area contributed by atoms with Gasteiger partial charge in [0.2, 0.25) is 0 Å². The molecule has 0 aliphatic rings. The third-order valence-corrected chi connectivity index (χ3v) is 6.16. The Morgan fingerprint density at radius 1 is 0.600 bits per heavy atom. The van der Waals surface area contributed by atoms with E-state index in [4.69, 9.17) is 19.3 Å². The van der Waals surface area contributed by atoms with Crippen molar-refractivity contribution in [3.8, 4) is 0 Å². The first-order valence-electron chi connectivity index (χ1n) is 12.4. The van der Waals surface area contributed by atoms with Crippen molar-refractivity contribution in [2.45, 2.75) is 134 Å². The maximum Gasteiger partial charge on any atom is 0.303 e. The van der Waals surface area contributed by atoms with E-state index < -0.39 is 5.97 Å². The van der Waals surface area contributed by atoms with Crippen molar-refractivity contribution in [2.24, 2.45) is 0 Å². The SMILES string of the molecule is CCCCCCCCC(CCC(CCCC(CCCCCC(=O)O)OC)OC)OC. The molecule has 1 N–H and O–H groups in total. The largest absolute Gasteiger partial charge is 0.481 e. The molecule has 0 bridgehead atoms. The zero-order valence-corrected chi connectivity index (χ0v) is 20.3. The van der Waals surface area contributed by atoms with Crippen molar-refractivity contribution in [2.75, 3.05) is 21.3 Å². The van der Waals surface area contributed by atoms with Gasteiger partial charge in [-0.15, -0.1) is 0 Å². The van der Waals surface area contributed by atoms with Crippen LogP contribution in [0.1, 0.15) is 116 Å². The van der Waals surface area contributed by atoms with Crippen molar-refractivity contribution >= 4 is 5.97 Å². The van der Waals surface area contributed by atoms with Crippen LogP contribution in [0.4, 0.5) is 0 Å². The number of aliphatic carboxylic acids is 1. The van der Waals surface area contributed by atoms with E-state index in [2.05, 4.69) is 6.92 Å². The van der Waals surface area contributed by atoms with Crippen LogP contribution in [0.15, 0.2) is 0 Å². The van der Waals surface area contributed by atoms with Gasteiger partial charge < -0.3 is 19.3 Å². The highest BCUT2D eigenvalue weighted by Gasteiger charge is 2.14. The topological polar surface area (TPSA) is 65.0 Å². The molecule has 0 aromatic rings. The van der Waals surface area contributed by atoms with E-state index in [1.165, 1.54) is 38.5 Å². The number of rotatable bonds is 23. The van der Waals surface area contributed by atoms with Crippen LogP contribution in [0.25, 0.3) is 0 Å². The Hall–Kier alpha value is -0.650. The van der Waals surface area contributed by atoms with E-state index in [1.54, 1.807) is 7.11 Å². The number of ether oxygens (including phenoxy) is 3. The van der Waals surface area contributed by atoms with Crippen LogP contribution in [0.3, 0.4) is 0 Å². The summed E-state index contributed by atoms with van der Waals surface area (Å²) in [6.45, 7) is 2.26. The van der Waals surface area contributed by atoms with Crippen LogP contribution in [0.2, 0.25) is 0 Å². The van der Waals surface area contributed by atoms with Crippen molar-refractivity contribution in [1.29, 1.82) is 0 Å². The van der Waals surface area contributed by atoms with Gasteiger partial charge in [-0.05, 0) is 51.4 Å². The molecule has 5 nitrogen and oxygen atoms in total. The van der Waals surface area contributed by atoms with Crippen molar-refractivity contribution < 1.29 is 24.1 Å². The molecule has 0 saturated heterocycles. The monoisotopic (exact) mass is 430 g/mol. The Kier molecular flexibility index (Phi) is 21.1. The molecule has 0 aromatic heterocycles. The van der Waals surface area contributed by atoms with E-state index in [0.29, 0.717) is 12.2 Å². The first-order chi connectivity index (χ1) is 14.6. The van der Waals surface area contributed by atoms with E-state index in [0.717, 1.165) is 64.2 Å². The minimum atomic E-state index is -0.702. The zero-order chi connectivity index (χ0) is 22.5. The van der Waals surface area contributed by atoms with Gasteiger partial charge in [-0.3, -0.25) is 4.79 Å². The second-order valence-corrected chi connectivity index (χ2v) is 8.63. The Bertz CT molecular complexity index is 375. The number of hydrogen-bond donors (Lipinski definition) is 1. The smallest absolute Gasteiger partial charge is 0.303 e. The molecule has 0 aliphatic carbocycles. The highest BCUT2D eigenvalue weighted by Crippen LogP contribution is 2.19. The first-order valence-corrected chi connectivity index (χ1v) is 12.4. The van der Waals surface area contributed by atoms with E-state index in [1.807, 2.05) is 14.2 Å². The van der Waals surface area contributed by atoms with Gasteiger partial charge in [-0.25, -0.2) is 0 Å². The zero-order valence-electron chi connectivity index (χ0n) is 20.3. The Morgan fingerprint density at radius 3 is 1.47 bits per heavy atom. The van der Waals surface area contributed by atoms with Crippen molar-refractivity contribution in [1.82, 2.24) is 0 Å². The van der Waals surface area contributed by atoms with E-state index in [-0.39, 0.29) is 12.5 Å². The van der Waals surface area contributed by atoms with Crippen LogP contribution < -0.4 is 0 Å². The van der Waals surface area contributed by atoms with E-state index >= 15 is 0 Å². The highest BCUT2D eigenvalue weighted by atomic mass is 16.5. The molecule has 0 aromatic carbocycles. The molecule has 3 atom stereocenters. The number of unbranched alkanes of at least 4 members (excludes halogenated alkanes) is 7. The molecule has 0 aliphatic heterocycles. The number of carboxylic acids is 1. The predicted molar refractivity (Wildman–Crippen MR) is 124 cm³/mol. The van der Waals surface area contributed by atoms with Gasteiger partial charge >= 0.3 is 5.97 Å². The minimum absolute atomic E-state index is 0.270. The third-order valence-electron chi connectivity index (χ3n) is 6.16. The average Bonchev–Trinajstić information content (AvgIpc) is 2.74. The van der Waals surface area contributed by atoms with Gasteiger partial charge in [0.25, 0.3) is 0 Å². The molecule has 5 heteroatoms. The minimum Gasteiger partial charge on any atom is -0.481 e. The second kappa shape index (κ2) is 21.6. The number of hydrogen-bond acceptors (Lipinski definition) is 4. The molecule has 0 spiro atoms. The summed E-state index contributed by atoms with van der Waals surface area (Å²) in [5.41, 5.74) is 0. The predicted octanol–water partition coefficient (Wildman–Crippen LogP) is 6.77. The summed E-state index contributed by atoms with van der Waals surface area (Å²) in [5.74, 6) is -0.702. The van der Waals surface area contributed by atoms with Crippen LogP contribution in [-0.2, 0) is 19.0 Å². The van der Waals surface area contributed by atoms with Gasteiger partial charge in [0.05, 0.1) is 18.3 Å². The van der Waals surface area contributed by atoms with Gasteiger partial charge in [0.1, 0.15) is 0 Å². The summed E-state index contributed by atoms with van der Waals surface area (Å²) in [6, 6.07) is 0. The van der Waals surface area contributed by atoms with Gasteiger partial charge in [0.15, 0.2) is 0 Å². The van der Waals surface area contributed by atoms with Crippen molar-refractivity contribution in [3.63, 3.8) is 0 Å². The van der Waals surface area contributed by atoms with Gasteiger partial charge in [-0.2, -0.15) is 0 Å². The fourth-order valence-electron chi connectivity index (χ4n) is 4.06. The Balaban J connectivity index is 3.90. The van der Waals surface area contributed by atoms with Crippen LogP contribution in [0, 0.1) is 0 Å². The molecular formula is C25H50O5. The quantitative estimate of drug-likeness (QED) is 0.181. The summed E-state index contributed by atoms with van der Waals surface area (Å²) < 4.78 is 17.0. The number of carbonyl (C=O) groups is 1. The molecule has 0 amide bonds. The normalized spacial score (nSPS) is 14.5. The van der Waals surface area contributed by atoms with Crippen molar-refractivity contribution in [3.05, 3.63) is 0 Å². The molecule has 0 saturated carbocycles. The molecule has 0 rings (SSSR count). The second-order valence-electron chi connectivity index (χ2n) is 8.63.